The van der Waals surface area contributed by atoms with E-state index in [4.69, 9.17) is 10.3 Å². The largest absolute Gasteiger partial charge is 0.491 e. The van der Waals surface area contributed by atoms with Gasteiger partial charge in [-0.2, -0.15) is 0 Å². The van der Waals surface area contributed by atoms with Crippen molar-refractivity contribution in [1.82, 2.24) is 0 Å². The zero-order chi connectivity index (χ0) is 11.1. The third kappa shape index (κ3) is 4.35. The lowest BCUT2D eigenvalue weighted by Gasteiger charge is -2.09. The Hall–Kier alpha value is -1.71. The standard InChI is InChI=1S/C10H13N3O2/c1-8-2-4-10(5-3-8)15-7-9(14)6-12-13-11/h2-5,9,14H,6-7H2,1H3/t9-/m0/s1. The lowest BCUT2D eigenvalue weighted by Crippen LogP contribution is -2.20. The van der Waals surface area contributed by atoms with Crippen LogP contribution in [-0.4, -0.2) is 24.4 Å². The summed E-state index contributed by atoms with van der Waals surface area (Å²) in [5.74, 6) is 0.695. The van der Waals surface area contributed by atoms with Crippen LogP contribution < -0.4 is 4.74 Å². The highest BCUT2D eigenvalue weighted by molar-refractivity contribution is 5.26. The Balaban J connectivity index is 2.36. The van der Waals surface area contributed by atoms with Crippen molar-refractivity contribution < 1.29 is 9.84 Å². The van der Waals surface area contributed by atoms with Crippen molar-refractivity contribution >= 4 is 0 Å². The van der Waals surface area contributed by atoms with Gasteiger partial charge in [0.15, 0.2) is 0 Å². The highest BCUT2D eigenvalue weighted by Gasteiger charge is 2.03. The number of nitrogens with zero attached hydrogens (tertiary/aromatic N) is 3. The summed E-state index contributed by atoms with van der Waals surface area (Å²) >= 11 is 0. The minimum absolute atomic E-state index is 0.0301. The van der Waals surface area contributed by atoms with Gasteiger partial charge in [0.25, 0.3) is 0 Å². The molecule has 0 saturated carbocycles. The highest BCUT2D eigenvalue weighted by Crippen LogP contribution is 2.11. The van der Waals surface area contributed by atoms with Crippen molar-refractivity contribution in [3.8, 4) is 5.75 Å². The lowest BCUT2D eigenvalue weighted by molar-refractivity contribution is 0.114. The second-order valence-electron chi connectivity index (χ2n) is 3.19. The molecule has 0 unspecified atom stereocenters. The topological polar surface area (TPSA) is 78.2 Å². The Morgan fingerprint density at radius 2 is 2.13 bits per heavy atom. The average Bonchev–Trinajstić information content (AvgIpc) is 2.25. The van der Waals surface area contributed by atoms with Crippen LogP contribution in [0.3, 0.4) is 0 Å². The molecule has 0 aliphatic rings. The lowest BCUT2D eigenvalue weighted by atomic mass is 10.2. The first kappa shape index (κ1) is 11.4. The fourth-order valence-corrected chi connectivity index (χ4v) is 1.01. The van der Waals surface area contributed by atoms with Gasteiger partial charge >= 0.3 is 0 Å². The second-order valence-corrected chi connectivity index (χ2v) is 3.19. The number of benzene rings is 1. The van der Waals surface area contributed by atoms with Gasteiger partial charge in [-0.1, -0.05) is 22.8 Å². The summed E-state index contributed by atoms with van der Waals surface area (Å²) in [5, 5.41) is 12.6. The predicted molar refractivity (Wildman–Crippen MR) is 56.7 cm³/mol. The summed E-state index contributed by atoms with van der Waals surface area (Å²) in [7, 11) is 0. The molecule has 0 aromatic heterocycles. The van der Waals surface area contributed by atoms with Crippen LogP contribution >= 0.6 is 0 Å². The molecular weight excluding hydrogens is 194 g/mol. The molecule has 80 valence electrons. The molecule has 1 aromatic carbocycles. The fourth-order valence-electron chi connectivity index (χ4n) is 1.01. The maximum Gasteiger partial charge on any atom is 0.119 e. The maximum absolute atomic E-state index is 9.31. The van der Waals surface area contributed by atoms with E-state index < -0.39 is 6.10 Å². The smallest absolute Gasteiger partial charge is 0.119 e. The normalized spacial score (nSPS) is 11.6. The van der Waals surface area contributed by atoms with Gasteiger partial charge in [-0.15, -0.1) is 0 Å². The van der Waals surface area contributed by atoms with Crippen molar-refractivity contribution in [3.63, 3.8) is 0 Å². The van der Waals surface area contributed by atoms with Gasteiger partial charge in [0.05, 0.1) is 12.6 Å². The number of aliphatic hydroxyl groups is 1. The number of hydrogen-bond donors (Lipinski definition) is 1. The second kappa shape index (κ2) is 5.90. The minimum Gasteiger partial charge on any atom is -0.491 e. The Kier molecular flexibility index (Phi) is 4.47. The van der Waals surface area contributed by atoms with E-state index in [0.717, 1.165) is 5.56 Å². The molecule has 1 atom stereocenters. The van der Waals surface area contributed by atoms with E-state index in [9.17, 15) is 5.11 Å². The summed E-state index contributed by atoms with van der Waals surface area (Å²) < 4.78 is 5.29. The Morgan fingerprint density at radius 1 is 1.47 bits per heavy atom. The van der Waals surface area contributed by atoms with E-state index in [1.165, 1.54) is 0 Å². The summed E-state index contributed by atoms with van der Waals surface area (Å²) in [4.78, 5) is 2.55. The van der Waals surface area contributed by atoms with Crippen molar-refractivity contribution in [2.75, 3.05) is 13.2 Å². The van der Waals surface area contributed by atoms with Gasteiger partial charge in [0, 0.05) is 4.91 Å². The Morgan fingerprint density at radius 3 is 2.73 bits per heavy atom. The van der Waals surface area contributed by atoms with Crippen molar-refractivity contribution in [1.29, 1.82) is 0 Å². The highest BCUT2D eigenvalue weighted by atomic mass is 16.5. The summed E-state index contributed by atoms with van der Waals surface area (Å²) in [6, 6.07) is 7.51. The van der Waals surface area contributed by atoms with Gasteiger partial charge in [-0.05, 0) is 24.6 Å². The third-order valence-corrected chi connectivity index (χ3v) is 1.82. The average molecular weight is 207 g/mol. The molecule has 0 amide bonds. The van der Waals surface area contributed by atoms with E-state index in [-0.39, 0.29) is 13.2 Å². The number of ether oxygens (including phenoxy) is 1. The van der Waals surface area contributed by atoms with E-state index in [1.807, 2.05) is 31.2 Å². The number of rotatable bonds is 5. The van der Waals surface area contributed by atoms with Crippen LogP contribution in [0.1, 0.15) is 5.56 Å². The first-order valence-electron chi connectivity index (χ1n) is 4.61. The van der Waals surface area contributed by atoms with E-state index in [0.29, 0.717) is 5.75 Å². The van der Waals surface area contributed by atoms with Crippen LogP contribution in [0.25, 0.3) is 10.4 Å². The fraction of sp³-hybridized carbons (Fsp3) is 0.400. The Labute approximate surface area is 87.9 Å². The van der Waals surface area contributed by atoms with E-state index >= 15 is 0 Å². The predicted octanol–water partition coefficient (Wildman–Crippen LogP) is 2.05. The van der Waals surface area contributed by atoms with Crippen LogP contribution in [-0.2, 0) is 0 Å². The molecule has 0 radical (unpaired) electrons. The SMILES string of the molecule is Cc1ccc(OC[C@@H](O)CN=[N+]=[N-])cc1. The van der Waals surface area contributed by atoms with Crippen molar-refractivity contribution in [2.45, 2.75) is 13.0 Å². The molecule has 0 spiro atoms. The van der Waals surface area contributed by atoms with Gasteiger partial charge < -0.3 is 9.84 Å². The number of azide groups is 1. The quantitative estimate of drug-likeness (QED) is 0.455. The first-order valence-corrected chi connectivity index (χ1v) is 4.61. The van der Waals surface area contributed by atoms with E-state index in [2.05, 4.69) is 10.0 Å². The van der Waals surface area contributed by atoms with Gasteiger partial charge in [-0.25, -0.2) is 0 Å². The van der Waals surface area contributed by atoms with Crippen molar-refractivity contribution in [3.05, 3.63) is 40.3 Å². The van der Waals surface area contributed by atoms with Crippen molar-refractivity contribution in [2.24, 2.45) is 5.11 Å². The molecule has 1 rings (SSSR count). The molecular formula is C10H13N3O2. The molecule has 0 saturated heterocycles. The minimum atomic E-state index is -0.762. The van der Waals surface area contributed by atoms with Crippen LogP contribution in [0, 0.1) is 6.92 Å². The molecule has 5 heteroatoms. The van der Waals surface area contributed by atoms with Crippen LogP contribution in [0.2, 0.25) is 0 Å². The first-order chi connectivity index (χ1) is 7.22. The zero-order valence-electron chi connectivity index (χ0n) is 8.50. The van der Waals surface area contributed by atoms with Gasteiger partial charge in [-0.3, -0.25) is 0 Å². The molecule has 5 nitrogen and oxygen atoms in total. The molecule has 1 N–H and O–H groups in total. The zero-order valence-corrected chi connectivity index (χ0v) is 8.50. The van der Waals surface area contributed by atoms with Gasteiger partial charge in [0.1, 0.15) is 12.4 Å². The molecule has 0 aliphatic heterocycles. The van der Waals surface area contributed by atoms with Crippen LogP contribution in [0.15, 0.2) is 29.4 Å². The van der Waals surface area contributed by atoms with Crippen LogP contribution in [0.5, 0.6) is 5.75 Å². The summed E-state index contributed by atoms with van der Waals surface area (Å²) in [6.45, 7) is 2.14. The molecule has 1 aromatic rings. The number of aryl methyl sites for hydroxylation is 1. The van der Waals surface area contributed by atoms with Gasteiger partial charge in [0.2, 0.25) is 0 Å². The summed E-state index contributed by atoms with van der Waals surface area (Å²) in [6.07, 6.45) is -0.762. The summed E-state index contributed by atoms with van der Waals surface area (Å²) in [5.41, 5.74) is 9.19. The monoisotopic (exact) mass is 207 g/mol. The molecule has 0 aliphatic carbocycles. The number of aliphatic hydroxyl groups excluding tert-OH is 1. The van der Waals surface area contributed by atoms with Crippen LogP contribution in [0.4, 0.5) is 0 Å². The van der Waals surface area contributed by atoms with E-state index in [1.54, 1.807) is 0 Å². The number of hydrogen-bond acceptors (Lipinski definition) is 3. The molecule has 0 fully saturated rings. The maximum atomic E-state index is 9.31. The molecule has 15 heavy (non-hydrogen) atoms. The molecule has 0 heterocycles. The molecule has 0 bridgehead atoms. The third-order valence-electron chi connectivity index (χ3n) is 1.82. The Bertz CT molecular complexity index is 344.